The number of ether oxygens (including phenoxy) is 3. The quantitative estimate of drug-likeness (QED) is 0.0709. The Morgan fingerprint density at radius 1 is 0.969 bits per heavy atom. The average molecular weight is 906 g/mol. The number of pyridine rings is 1. The summed E-state index contributed by atoms with van der Waals surface area (Å²) in [6.45, 7) is 5.15. The second-order valence-electron chi connectivity index (χ2n) is 17.8. The maximum absolute atomic E-state index is 13.1. The molecule has 1 heterocycles. The van der Waals surface area contributed by atoms with Gasteiger partial charge in [0.05, 0.1) is 13.2 Å². The summed E-state index contributed by atoms with van der Waals surface area (Å²) < 4.78 is 54.8. The number of hydrogen-bond acceptors (Lipinski definition) is 8. The van der Waals surface area contributed by atoms with Crippen LogP contribution in [0.15, 0.2) is 79.0 Å². The topological polar surface area (TPSA) is 156 Å². The van der Waals surface area contributed by atoms with Crippen LogP contribution in [-0.2, 0) is 39.1 Å². The number of amides is 1. The van der Waals surface area contributed by atoms with Crippen molar-refractivity contribution in [1.29, 1.82) is 0 Å². The van der Waals surface area contributed by atoms with Gasteiger partial charge in [-0.3, -0.25) is 9.78 Å². The molecule has 0 aliphatic heterocycles. The molecule has 1 fully saturated rings. The van der Waals surface area contributed by atoms with Crippen LogP contribution in [0.4, 0.5) is 18.9 Å². The molecule has 11 nitrogen and oxygen atoms in total. The number of alkyl halides is 3. The third-order valence-corrected chi connectivity index (χ3v) is 13.5. The molecule has 3 aliphatic rings. The molecule has 0 unspecified atom stereocenters. The van der Waals surface area contributed by atoms with Crippen LogP contribution in [0.3, 0.4) is 0 Å². The first-order chi connectivity index (χ1) is 30.5. The van der Waals surface area contributed by atoms with Crippen LogP contribution in [0.2, 0.25) is 5.02 Å². The Balaban J connectivity index is 1.02. The van der Waals surface area contributed by atoms with Crippen LogP contribution in [0, 0.1) is 11.8 Å². The van der Waals surface area contributed by atoms with Gasteiger partial charge in [-0.1, -0.05) is 49.7 Å². The molecule has 7 rings (SSSR count). The van der Waals surface area contributed by atoms with E-state index < -0.39 is 41.5 Å². The lowest BCUT2D eigenvalue weighted by Crippen LogP contribution is -2.53. The van der Waals surface area contributed by atoms with E-state index in [1.807, 2.05) is 24.4 Å². The fourth-order valence-corrected chi connectivity index (χ4v) is 10.4. The number of rotatable bonds is 18. The van der Waals surface area contributed by atoms with Gasteiger partial charge in [0.1, 0.15) is 28.8 Å². The molecule has 1 amide bonds. The van der Waals surface area contributed by atoms with Gasteiger partial charge in [-0.05, 0) is 153 Å². The molecule has 64 heavy (non-hydrogen) atoms. The van der Waals surface area contributed by atoms with Gasteiger partial charge in [-0.15, -0.1) is 13.2 Å². The minimum Gasteiger partial charge on any atom is -0.494 e. The number of nitrogens with one attached hydrogen (secondary N) is 2. The highest BCUT2D eigenvalue weighted by Gasteiger charge is 2.54. The third-order valence-electron chi connectivity index (χ3n) is 13.3. The average Bonchev–Trinajstić information content (AvgIpc) is 3.52. The van der Waals surface area contributed by atoms with Crippen molar-refractivity contribution in [1.82, 2.24) is 10.3 Å². The minimum atomic E-state index is -4.90. The summed E-state index contributed by atoms with van der Waals surface area (Å²) in [4.78, 5) is 42.6. The highest BCUT2D eigenvalue weighted by atomic mass is 35.5. The van der Waals surface area contributed by atoms with Crippen molar-refractivity contribution in [3.8, 4) is 17.2 Å². The number of aliphatic carboxylic acids is 2. The zero-order valence-corrected chi connectivity index (χ0v) is 36.8. The highest BCUT2D eigenvalue weighted by molar-refractivity contribution is 6.30. The fourth-order valence-electron chi connectivity index (χ4n) is 10.2. The number of halogens is 4. The first kappa shape index (κ1) is 46.5. The van der Waals surface area contributed by atoms with E-state index >= 15 is 0 Å². The van der Waals surface area contributed by atoms with Crippen molar-refractivity contribution in [3.05, 3.63) is 112 Å². The Kier molecular flexibility index (Phi) is 14.3. The summed E-state index contributed by atoms with van der Waals surface area (Å²) in [5, 5.41) is 26.8. The summed E-state index contributed by atoms with van der Waals surface area (Å²) in [6, 6.07) is 18.8. The Morgan fingerprint density at radius 3 is 2.48 bits per heavy atom. The fraction of sp³-hybridized carbons (Fsp3) is 0.469. The number of carboxylic acid groups (broad SMARTS) is 2. The number of aromatic nitrogens is 1. The number of fused-ring (bicyclic) bond motifs is 3. The maximum Gasteiger partial charge on any atom is 0.573 e. The smallest absolute Gasteiger partial charge is 0.494 e. The van der Waals surface area contributed by atoms with Crippen LogP contribution in [0.25, 0.3) is 0 Å². The molecule has 0 bridgehead atoms. The minimum absolute atomic E-state index is 0.0456. The summed E-state index contributed by atoms with van der Waals surface area (Å²) in [5.41, 5.74) is 4.08. The van der Waals surface area contributed by atoms with Crippen molar-refractivity contribution in [2.45, 2.75) is 120 Å². The monoisotopic (exact) mass is 905 g/mol. The van der Waals surface area contributed by atoms with E-state index in [9.17, 15) is 37.8 Å². The van der Waals surface area contributed by atoms with Gasteiger partial charge in [0.2, 0.25) is 5.91 Å². The number of carbonyl (C=O) groups excluding carboxylic acids is 1. The number of benzene rings is 3. The van der Waals surface area contributed by atoms with Crippen molar-refractivity contribution in [2.75, 3.05) is 18.5 Å². The van der Waals surface area contributed by atoms with E-state index in [1.54, 1.807) is 18.2 Å². The Labute approximate surface area is 376 Å². The van der Waals surface area contributed by atoms with Crippen LogP contribution in [0.1, 0.15) is 106 Å². The van der Waals surface area contributed by atoms with E-state index in [-0.39, 0.29) is 48.7 Å². The van der Waals surface area contributed by atoms with E-state index in [1.165, 1.54) is 23.3 Å². The lowest BCUT2D eigenvalue weighted by atomic mass is 9.59. The number of carboxylic acids is 2. The van der Waals surface area contributed by atoms with E-state index in [0.29, 0.717) is 54.7 Å². The molecular weight excluding hydrogens is 851 g/mol. The zero-order valence-electron chi connectivity index (χ0n) is 36.0. The van der Waals surface area contributed by atoms with Gasteiger partial charge >= 0.3 is 18.3 Å². The van der Waals surface area contributed by atoms with Crippen molar-refractivity contribution in [3.63, 3.8) is 0 Å². The molecule has 3 aliphatic carbocycles. The van der Waals surface area contributed by atoms with Gasteiger partial charge in [-0.2, -0.15) is 0 Å². The molecule has 0 saturated heterocycles. The first-order valence-corrected chi connectivity index (χ1v) is 22.4. The SMILES string of the molecule is C[C@@H](COc1ccnc2c1[C@H](C)CCC2)C[C@H]1Cc2ccc(OCCCC(=O)N[C@H](Cc3cccc(OC(F)(F)F)c3)C(=O)O)cc2C12CCC(Nc1cccc(Cl)c1)(C(=O)O)CC2. The predicted molar refractivity (Wildman–Crippen MR) is 235 cm³/mol. The molecule has 1 aromatic heterocycles. The molecule has 15 heteroatoms. The summed E-state index contributed by atoms with van der Waals surface area (Å²) in [5.74, 6) is -0.934. The van der Waals surface area contributed by atoms with Crippen LogP contribution in [-0.4, -0.2) is 64.2 Å². The number of carbonyl (C=O) groups is 3. The van der Waals surface area contributed by atoms with Crippen LogP contribution in [0.5, 0.6) is 17.2 Å². The summed E-state index contributed by atoms with van der Waals surface area (Å²) >= 11 is 6.29. The van der Waals surface area contributed by atoms with Gasteiger partial charge in [-0.25, -0.2) is 9.59 Å². The zero-order chi connectivity index (χ0) is 45.6. The predicted octanol–water partition coefficient (Wildman–Crippen LogP) is 10.1. The maximum atomic E-state index is 13.1. The number of hydrogen-bond donors (Lipinski definition) is 4. The highest BCUT2D eigenvalue weighted by Crippen LogP contribution is 2.57. The van der Waals surface area contributed by atoms with Crippen molar-refractivity contribution < 1.29 is 52.0 Å². The van der Waals surface area contributed by atoms with E-state index in [2.05, 4.69) is 46.3 Å². The van der Waals surface area contributed by atoms with Gasteiger partial charge in [0.15, 0.2) is 0 Å². The standard InChI is InChI=1S/C49H55ClF3N3O8/c1-30(29-63-42-16-21-54-40-12-3-7-31(2)44(40)42)23-34-26-33-14-15-37(28-39(33)47(34)17-19-48(20-18-47,46(60)61)56-36-10-5-9-35(50)27-36)62-22-6-13-43(57)55-41(45(58)59)25-32-8-4-11-38(24-32)64-49(51,52)53/h4-5,8-11,14-16,21,24,27-28,30-31,34,41,56H,3,6-7,12-13,17-20,22-23,25-26,29H2,1-2H3,(H,55,57)(H,58,59)(H,60,61)/t30-,31-,34+,41-,47?,48?/m1/s1. The van der Waals surface area contributed by atoms with E-state index in [4.69, 9.17) is 21.1 Å². The largest absolute Gasteiger partial charge is 0.573 e. The summed E-state index contributed by atoms with van der Waals surface area (Å²) in [7, 11) is 0. The van der Waals surface area contributed by atoms with Crippen molar-refractivity contribution >= 4 is 35.1 Å². The summed E-state index contributed by atoms with van der Waals surface area (Å²) in [6.07, 6.45) is 3.84. The molecule has 4 atom stereocenters. The van der Waals surface area contributed by atoms with E-state index in [0.717, 1.165) is 61.2 Å². The normalized spacial score (nSPS) is 22.4. The molecule has 0 radical (unpaired) electrons. The van der Waals surface area contributed by atoms with Gasteiger partial charge in [0, 0.05) is 41.0 Å². The number of aryl methyl sites for hydroxylation is 1. The molecule has 1 saturated carbocycles. The lowest BCUT2D eigenvalue weighted by molar-refractivity contribution is -0.274. The Hall–Kier alpha value is -5.50. The third kappa shape index (κ3) is 11.0. The lowest BCUT2D eigenvalue weighted by Gasteiger charge is -2.47. The molecule has 342 valence electrons. The number of anilines is 1. The Morgan fingerprint density at radius 2 is 1.75 bits per heavy atom. The second-order valence-corrected chi connectivity index (χ2v) is 18.3. The molecule has 3 aromatic carbocycles. The number of nitrogens with zero attached hydrogens (tertiary/aromatic N) is 1. The molecule has 4 aromatic rings. The molecule has 4 N–H and O–H groups in total. The molecule has 1 spiro atoms. The van der Waals surface area contributed by atoms with Crippen LogP contribution < -0.4 is 24.8 Å². The Bertz CT molecular complexity index is 2320. The second kappa shape index (κ2) is 19.7. The van der Waals surface area contributed by atoms with Gasteiger partial charge in [0.25, 0.3) is 0 Å². The van der Waals surface area contributed by atoms with Gasteiger partial charge < -0.3 is 35.1 Å². The molecular formula is C49H55ClF3N3O8. The van der Waals surface area contributed by atoms with Crippen molar-refractivity contribution in [2.24, 2.45) is 11.8 Å². The van der Waals surface area contributed by atoms with Crippen LogP contribution >= 0.6 is 11.6 Å². The first-order valence-electron chi connectivity index (χ1n) is 22.0.